The second kappa shape index (κ2) is 12.5. The Labute approximate surface area is 240 Å². The Bertz CT molecular complexity index is 1590. The Kier molecular flexibility index (Phi) is 9.10. The summed E-state index contributed by atoms with van der Waals surface area (Å²) in [5, 5.41) is 7.50. The van der Waals surface area contributed by atoms with Crippen LogP contribution >= 0.6 is 38.5 Å². The molecule has 0 saturated heterocycles. The van der Waals surface area contributed by atoms with Crippen molar-refractivity contribution < 1.29 is 18.7 Å². The summed E-state index contributed by atoms with van der Waals surface area (Å²) >= 11 is 5.48. The average Bonchev–Trinajstić information content (AvgIpc) is 2.88. The molecule has 0 aliphatic rings. The van der Waals surface area contributed by atoms with E-state index >= 15 is 0 Å². The number of carbonyl (C=O) groups is 1. The van der Waals surface area contributed by atoms with E-state index in [1.165, 1.54) is 30.0 Å². The van der Waals surface area contributed by atoms with Gasteiger partial charge in [-0.3, -0.25) is 9.59 Å². The number of fused-ring (bicyclic) bond motifs is 1. The van der Waals surface area contributed by atoms with Gasteiger partial charge in [-0.1, -0.05) is 28.9 Å². The van der Waals surface area contributed by atoms with Gasteiger partial charge in [0.2, 0.25) is 0 Å². The van der Waals surface area contributed by atoms with Crippen molar-refractivity contribution in [3.05, 3.63) is 90.2 Å². The molecule has 3 aromatic carbocycles. The van der Waals surface area contributed by atoms with Gasteiger partial charge in [0, 0.05) is 16.6 Å². The molecule has 4 aromatic rings. The fourth-order valence-electron chi connectivity index (χ4n) is 3.68. The van der Waals surface area contributed by atoms with Crippen molar-refractivity contribution in [1.82, 2.24) is 9.66 Å². The predicted octanol–water partition coefficient (Wildman–Crippen LogP) is 5.76. The van der Waals surface area contributed by atoms with Crippen molar-refractivity contribution in [2.24, 2.45) is 5.10 Å². The molecule has 0 atom stereocenters. The third kappa shape index (κ3) is 6.57. The largest absolute Gasteiger partial charge is 0.493 e. The molecule has 196 valence electrons. The second-order valence-corrected chi connectivity index (χ2v) is 10.3. The molecule has 4 rings (SSSR count). The molecule has 38 heavy (non-hydrogen) atoms. The van der Waals surface area contributed by atoms with Gasteiger partial charge in [-0.2, -0.15) is 9.78 Å². The highest BCUT2D eigenvalue weighted by Gasteiger charge is 2.15. The van der Waals surface area contributed by atoms with Crippen molar-refractivity contribution in [3.63, 3.8) is 0 Å². The van der Waals surface area contributed by atoms with Crippen LogP contribution in [0.1, 0.15) is 24.7 Å². The summed E-state index contributed by atoms with van der Waals surface area (Å²) in [4.78, 5) is 30.2. The van der Waals surface area contributed by atoms with E-state index in [4.69, 9.17) is 9.47 Å². The van der Waals surface area contributed by atoms with E-state index in [2.05, 4.69) is 53.9 Å². The smallest absolute Gasteiger partial charge is 0.282 e. The molecule has 0 saturated carbocycles. The van der Waals surface area contributed by atoms with Gasteiger partial charge in [0.25, 0.3) is 11.5 Å². The number of carbonyl (C=O) groups excluding carboxylic acids is 1. The summed E-state index contributed by atoms with van der Waals surface area (Å²) in [6, 6.07) is 14.5. The average molecular weight is 693 g/mol. The number of nitrogens with one attached hydrogen (secondary N) is 1. The van der Waals surface area contributed by atoms with Gasteiger partial charge in [0.1, 0.15) is 11.6 Å². The minimum atomic E-state index is -0.450. The number of ether oxygens (including phenoxy) is 2. The van der Waals surface area contributed by atoms with Crippen molar-refractivity contribution in [2.75, 3.05) is 19.0 Å². The molecule has 0 radical (unpaired) electrons. The van der Waals surface area contributed by atoms with E-state index in [0.29, 0.717) is 49.5 Å². The first-order valence-electron chi connectivity index (χ1n) is 11.6. The number of aromatic nitrogens is 2. The van der Waals surface area contributed by atoms with Crippen LogP contribution in [0.3, 0.4) is 0 Å². The first-order valence-corrected chi connectivity index (χ1v) is 13.5. The number of hydrogen-bond acceptors (Lipinski definition) is 6. The molecular formula is C27H23BrFIN4O4. The highest BCUT2D eigenvalue weighted by Crippen LogP contribution is 2.33. The second-order valence-electron chi connectivity index (χ2n) is 8.18. The summed E-state index contributed by atoms with van der Waals surface area (Å²) in [5.74, 6) is 0.430. The lowest BCUT2D eigenvalue weighted by molar-refractivity contribution is -0.118. The molecular weight excluding hydrogens is 670 g/mol. The number of rotatable bonds is 9. The van der Waals surface area contributed by atoms with Crippen LogP contribution in [0.15, 0.2) is 69.0 Å². The molecule has 8 nitrogen and oxygen atoms in total. The number of hydrogen-bond donors (Lipinski definition) is 1. The van der Waals surface area contributed by atoms with Crippen molar-refractivity contribution in [1.29, 1.82) is 0 Å². The van der Waals surface area contributed by atoms with Crippen LogP contribution in [0.5, 0.6) is 11.5 Å². The minimum absolute atomic E-state index is 0.262. The zero-order chi connectivity index (χ0) is 27.2. The summed E-state index contributed by atoms with van der Waals surface area (Å²) in [5.41, 5.74) is 1.35. The minimum Gasteiger partial charge on any atom is -0.493 e. The van der Waals surface area contributed by atoms with Crippen molar-refractivity contribution >= 4 is 67.2 Å². The van der Waals surface area contributed by atoms with Crippen LogP contribution < -0.4 is 20.3 Å². The molecule has 0 aliphatic carbocycles. The molecule has 0 spiro atoms. The van der Waals surface area contributed by atoms with Crippen LogP contribution in [0, 0.1) is 9.39 Å². The van der Waals surface area contributed by atoms with Gasteiger partial charge in [0.05, 0.1) is 27.8 Å². The van der Waals surface area contributed by atoms with E-state index in [1.807, 2.05) is 13.0 Å². The highest BCUT2D eigenvalue weighted by atomic mass is 127. The number of benzene rings is 3. The van der Waals surface area contributed by atoms with Gasteiger partial charge in [-0.15, -0.1) is 0 Å². The third-order valence-corrected chi connectivity index (χ3v) is 6.67. The van der Waals surface area contributed by atoms with Crippen molar-refractivity contribution in [2.45, 2.75) is 19.8 Å². The lowest BCUT2D eigenvalue weighted by Gasteiger charge is -2.14. The fourth-order valence-corrected chi connectivity index (χ4v) is 4.82. The monoisotopic (exact) mass is 692 g/mol. The van der Waals surface area contributed by atoms with E-state index < -0.39 is 11.7 Å². The lowest BCUT2D eigenvalue weighted by Crippen LogP contribution is -2.22. The maximum absolute atomic E-state index is 13.4. The first kappa shape index (κ1) is 27.7. The number of halogens is 3. The molecule has 1 aromatic heterocycles. The molecule has 0 bridgehead atoms. The van der Waals surface area contributed by atoms with Gasteiger partial charge >= 0.3 is 0 Å². The summed E-state index contributed by atoms with van der Waals surface area (Å²) < 4.78 is 27.3. The molecule has 0 unspecified atom stereocenters. The van der Waals surface area contributed by atoms with Crippen LogP contribution in [0.25, 0.3) is 10.9 Å². The third-order valence-electron chi connectivity index (χ3n) is 5.38. The predicted molar refractivity (Wildman–Crippen MR) is 157 cm³/mol. The fraction of sp³-hybridized carbons (Fsp3) is 0.185. The Morgan fingerprint density at radius 3 is 2.79 bits per heavy atom. The quantitative estimate of drug-likeness (QED) is 0.178. The molecule has 1 heterocycles. The normalized spacial score (nSPS) is 11.2. The van der Waals surface area contributed by atoms with E-state index in [-0.39, 0.29) is 12.2 Å². The van der Waals surface area contributed by atoms with Crippen LogP contribution in [-0.4, -0.2) is 35.5 Å². The zero-order valence-corrected chi connectivity index (χ0v) is 24.2. The Morgan fingerprint density at radius 2 is 2.05 bits per heavy atom. The Morgan fingerprint density at radius 1 is 1.24 bits per heavy atom. The molecule has 11 heteroatoms. The number of nitrogens with zero attached hydrogens (tertiary/aromatic N) is 3. The standard InChI is InChI=1S/C27H23BrFIN4O4/c1-3-5-24-33-22-9-8-17(28)12-20(22)27(36)34(24)31-14-16-10-21(30)26(23(11-16)37-2)38-15-25(35)32-19-7-4-6-18(29)13-19/h4,6-14H,3,5,15H2,1-2H3,(H,32,35). The van der Waals surface area contributed by atoms with Gasteiger partial charge in [-0.05, 0) is 83.1 Å². The van der Waals surface area contributed by atoms with E-state index in [9.17, 15) is 14.0 Å². The topological polar surface area (TPSA) is 94.8 Å². The van der Waals surface area contributed by atoms with E-state index in [1.54, 1.807) is 36.5 Å². The lowest BCUT2D eigenvalue weighted by atomic mass is 10.2. The molecule has 1 N–H and O–H groups in total. The van der Waals surface area contributed by atoms with E-state index in [0.717, 1.165) is 10.9 Å². The SMILES string of the molecule is CCCc1nc2ccc(Br)cc2c(=O)n1N=Cc1cc(I)c(OCC(=O)Nc2cccc(F)c2)c(OC)c1. The summed E-state index contributed by atoms with van der Waals surface area (Å²) in [7, 11) is 1.49. The number of aryl methyl sites for hydroxylation is 1. The van der Waals surface area contributed by atoms with Crippen LogP contribution in [0.2, 0.25) is 0 Å². The molecule has 1 amide bonds. The van der Waals surface area contributed by atoms with Gasteiger partial charge in [0.15, 0.2) is 18.1 Å². The highest BCUT2D eigenvalue weighted by molar-refractivity contribution is 14.1. The summed E-state index contributed by atoms with van der Waals surface area (Å²) in [6.45, 7) is 1.71. The van der Waals surface area contributed by atoms with Crippen molar-refractivity contribution in [3.8, 4) is 11.5 Å². The maximum atomic E-state index is 13.4. The van der Waals surface area contributed by atoms with Crippen LogP contribution in [0.4, 0.5) is 10.1 Å². The molecule has 0 aliphatic heterocycles. The first-order chi connectivity index (χ1) is 18.3. The Hall–Kier alpha value is -3.32. The maximum Gasteiger partial charge on any atom is 0.282 e. The molecule has 0 fully saturated rings. The Balaban J connectivity index is 1.58. The summed E-state index contributed by atoms with van der Waals surface area (Å²) in [6.07, 6.45) is 2.94. The van der Waals surface area contributed by atoms with Gasteiger partial charge in [-0.25, -0.2) is 9.37 Å². The number of amides is 1. The van der Waals surface area contributed by atoms with Crippen LogP contribution in [-0.2, 0) is 11.2 Å². The van der Waals surface area contributed by atoms with Gasteiger partial charge < -0.3 is 14.8 Å². The number of anilines is 1. The number of methoxy groups -OCH3 is 1. The zero-order valence-electron chi connectivity index (χ0n) is 20.5.